The number of rotatable bonds is 4. The predicted octanol–water partition coefficient (Wildman–Crippen LogP) is 3.74. The Morgan fingerprint density at radius 1 is 1.00 bits per heavy atom. The summed E-state index contributed by atoms with van der Waals surface area (Å²) in [5.41, 5.74) is 1.32. The third-order valence-corrected chi connectivity index (χ3v) is 6.18. The van der Waals surface area contributed by atoms with Gasteiger partial charge in [0.05, 0.1) is 0 Å². The number of phenols is 1. The van der Waals surface area contributed by atoms with Gasteiger partial charge in [0.2, 0.25) is 0 Å². The van der Waals surface area contributed by atoms with Gasteiger partial charge in [-0.25, -0.2) is 0 Å². The Morgan fingerprint density at radius 3 is 2.14 bits per heavy atom. The molecule has 1 unspecified atom stereocenters. The van der Waals surface area contributed by atoms with E-state index in [1.807, 2.05) is 12.1 Å². The Labute approximate surface area is 128 Å². The third-order valence-electron chi connectivity index (χ3n) is 6.18. The van der Waals surface area contributed by atoms with E-state index in [1.54, 1.807) is 12.1 Å². The quantitative estimate of drug-likeness (QED) is 0.883. The van der Waals surface area contributed by atoms with Gasteiger partial charge in [0.15, 0.2) is 0 Å². The molecule has 0 spiro atoms. The molecule has 1 aromatic rings. The molecule has 1 atom stereocenters. The van der Waals surface area contributed by atoms with Crippen molar-refractivity contribution in [3.8, 4) is 5.75 Å². The van der Waals surface area contributed by atoms with Crippen LogP contribution in [0, 0.1) is 23.7 Å². The molecule has 0 radical (unpaired) electrons. The Hall–Kier alpha value is -1.02. The van der Waals surface area contributed by atoms with Crippen LogP contribution in [0.3, 0.4) is 0 Å². The summed E-state index contributed by atoms with van der Waals surface area (Å²) < 4.78 is 0. The van der Waals surface area contributed by atoms with Gasteiger partial charge < -0.3 is 10.4 Å². The lowest BCUT2D eigenvalue weighted by molar-refractivity contribution is -0.0169. The molecule has 5 rings (SSSR count). The summed E-state index contributed by atoms with van der Waals surface area (Å²) in [5.74, 6) is 4.36. The fraction of sp³-hybridized carbons (Fsp3) is 0.684. The molecule has 2 nitrogen and oxygen atoms in total. The second-order valence-electron chi connectivity index (χ2n) is 7.89. The van der Waals surface area contributed by atoms with Crippen LogP contribution in [0.4, 0.5) is 0 Å². The molecule has 2 heteroatoms. The normalized spacial score (nSPS) is 38.6. The van der Waals surface area contributed by atoms with Crippen LogP contribution in [0.1, 0.15) is 44.6 Å². The minimum atomic E-state index is 0.361. The average molecular weight is 285 g/mol. The maximum atomic E-state index is 9.37. The molecule has 2 N–H and O–H groups in total. The smallest absolute Gasteiger partial charge is 0.115 e. The van der Waals surface area contributed by atoms with E-state index in [0.717, 1.165) is 36.1 Å². The van der Waals surface area contributed by atoms with E-state index in [9.17, 15) is 5.11 Å². The molecule has 0 heterocycles. The Balaban J connectivity index is 1.38. The van der Waals surface area contributed by atoms with E-state index < -0.39 is 0 Å². The van der Waals surface area contributed by atoms with E-state index >= 15 is 0 Å². The number of phenolic OH excluding ortho intramolecular Hbond substituents is 1. The summed E-state index contributed by atoms with van der Waals surface area (Å²) in [5, 5.41) is 13.3. The zero-order chi connectivity index (χ0) is 14.4. The topological polar surface area (TPSA) is 32.3 Å². The van der Waals surface area contributed by atoms with Gasteiger partial charge in [-0.2, -0.15) is 0 Å². The molecule has 4 saturated carbocycles. The van der Waals surface area contributed by atoms with Crippen molar-refractivity contribution >= 4 is 0 Å². The van der Waals surface area contributed by atoms with Gasteiger partial charge in [-0.15, -0.1) is 0 Å². The van der Waals surface area contributed by atoms with Gasteiger partial charge in [0.25, 0.3) is 0 Å². The summed E-state index contributed by atoms with van der Waals surface area (Å²) in [6.45, 7) is 2.32. The van der Waals surface area contributed by atoms with Crippen LogP contribution in [0.2, 0.25) is 0 Å². The fourth-order valence-electron chi connectivity index (χ4n) is 5.57. The van der Waals surface area contributed by atoms with Crippen LogP contribution in [0.5, 0.6) is 5.75 Å². The summed E-state index contributed by atoms with van der Waals surface area (Å²) >= 11 is 0. The van der Waals surface area contributed by atoms with E-state index in [1.165, 1.54) is 37.7 Å². The highest BCUT2D eigenvalue weighted by Gasteiger charge is 2.48. The first-order chi connectivity index (χ1) is 10.2. The van der Waals surface area contributed by atoms with E-state index in [2.05, 4.69) is 12.2 Å². The van der Waals surface area contributed by atoms with Crippen LogP contribution in [-0.2, 0) is 6.42 Å². The fourth-order valence-corrected chi connectivity index (χ4v) is 5.57. The van der Waals surface area contributed by atoms with Gasteiger partial charge in [-0.05, 0) is 86.8 Å². The molecule has 4 bridgehead atoms. The second kappa shape index (κ2) is 5.31. The minimum absolute atomic E-state index is 0.361. The molecule has 114 valence electrons. The molecule has 0 aliphatic heterocycles. The zero-order valence-corrected chi connectivity index (χ0v) is 13.0. The third kappa shape index (κ3) is 2.70. The molecule has 0 saturated heterocycles. The summed E-state index contributed by atoms with van der Waals surface area (Å²) in [6.07, 6.45) is 8.52. The molecule has 0 aromatic heterocycles. The molecular weight excluding hydrogens is 258 g/mol. The van der Waals surface area contributed by atoms with Crippen molar-refractivity contribution in [2.45, 2.75) is 57.5 Å². The Morgan fingerprint density at radius 2 is 1.57 bits per heavy atom. The zero-order valence-electron chi connectivity index (χ0n) is 13.0. The largest absolute Gasteiger partial charge is 0.508 e. The first-order valence-corrected chi connectivity index (χ1v) is 8.71. The van der Waals surface area contributed by atoms with Crippen molar-refractivity contribution in [2.75, 3.05) is 0 Å². The maximum Gasteiger partial charge on any atom is 0.115 e. The highest BCUT2D eigenvalue weighted by atomic mass is 16.3. The lowest BCUT2D eigenvalue weighted by Crippen LogP contribution is -2.56. The molecule has 0 amide bonds. The van der Waals surface area contributed by atoms with Crippen molar-refractivity contribution in [3.63, 3.8) is 0 Å². The first-order valence-electron chi connectivity index (χ1n) is 8.71. The monoisotopic (exact) mass is 285 g/mol. The Kier molecular flexibility index (Phi) is 3.45. The molecular formula is C19H27NO. The predicted molar refractivity (Wildman–Crippen MR) is 85.2 cm³/mol. The maximum absolute atomic E-state index is 9.37. The highest BCUT2D eigenvalue weighted by Crippen LogP contribution is 2.53. The van der Waals surface area contributed by atoms with Gasteiger partial charge in [-0.3, -0.25) is 0 Å². The SMILES string of the molecule is CC(Cc1ccc(O)cc1)NC1C2CC3CC(C2)CC1C3. The van der Waals surface area contributed by atoms with E-state index in [-0.39, 0.29) is 0 Å². The lowest BCUT2D eigenvalue weighted by Gasteiger charge is -2.55. The highest BCUT2D eigenvalue weighted by molar-refractivity contribution is 5.26. The number of hydrogen-bond acceptors (Lipinski definition) is 2. The molecule has 1 aromatic carbocycles. The van der Waals surface area contributed by atoms with Crippen molar-refractivity contribution in [1.82, 2.24) is 5.32 Å². The summed E-state index contributed by atoms with van der Waals surface area (Å²) in [6, 6.07) is 8.98. The van der Waals surface area contributed by atoms with Crippen LogP contribution >= 0.6 is 0 Å². The summed E-state index contributed by atoms with van der Waals surface area (Å²) in [4.78, 5) is 0. The van der Waals surface area contributed by atoms with Crippen LogP contribution in [0.25, 0.3) is 0 Å². The van der Waals surface area contributed by atoms with Crippen molar-refractivity contribution < 1.29 is 5.11 Å². The number of benzene rings is 1. The van der Waals surface area contributed by atoms with Crippen LogP contribution in [-0.4, -0.2) is 17.2 Å². The number of aromatic hydroxyl groups is 1. The van der Waals surface area contributed by atoms with Gasteiger partial charge in [0.1, 0.15) is 5.75 Å². The van der Waals surface area contributed by atoms with E-state index in [4.69, 9.17) is 0 Å². The van der Waals surface area contributed by atoms with Crippen molar-refractivity contribution in [3.05, 3.63) is 29.8 Å². The first kappa shape index (κ1) is 13.6. The van der Waals surface area contributed by atoms with Gasteiger partial charge in [-0.1, -0.05) is 12.1 Å². The van der Waals surface area contributed by atoms with Gasteiger partial charge >= 0.3 is 0 Å². The van der Waals surface area contributed by atoms with Crippen molar-refractivity contribution in [2.24, 2.45) is 23.7 Å². The van der Waals surface area contributed by atoms with Gasteiger partial charge in [0, 0.05) is 12.1 Å². The lowest BCUT2D eigenvalue weighted by atomic mass is 9.54. The standard InChI is InChI=1S/C19H27NO/c1-12(6-13-2-4-18(21)5-3-13)20-19-16-8-14-7-15(10-16)11-17(19)9-14/h2-5,12,14-17,19-21H,6-11H2,1H3. The van der Waals surface area contributed by atoms with E-state index in [0.29, 0.717) is 11.8 Å². The molecule has 21 heavy (non-hydrogen) atoms. The van der Waals surface area contributed by atoms with Crippen LogP contribution < -0.4 is 5.32 Å². The number of hydrogen-bond donors (Lipinski definition) is 2. The molecule has 4 aliphatic carbocycles. The van der Waals surface area contributed by atoms with Crippen LogP contribution in [0.15, 0.2) is 24.3 Å². The van der Waals surface area contributed by atoms with Crippen molar-refractivity contribution in [1.29, 1.82) is 0 Å². The number of nitrogens with one attached hydrogen (secondary N) is 1. The minimum Gasteiger partial charge on any atom is -0.508 e. The molecule has 4 aliphatic rings. The average Bonchev–Trinajstić information content (AvgIpc) is 2.45. The summed E-state index contributed by atoms with van der Waals surface area (Å²) in [7, 11) is 0. The molecule has 4 fully saturated rings. The Bertz CT molecular complexity index is 467. The second-order valence-corrected chi connectivity index (χ2v) is 7.89.